The second-order valence-electron chi connectivity index (χ2n) is 6.79. The molecule has 1 heterocycles. The highest BCUT2D eigenvalue weighted by atomic mass is 16.5. The summed E-state index contributed by atoms with van der Waals surface area (Å²) in [5.74, 6) is 0.360. The first-order valence-electron chi connectivity index (χ1n) is 9.46. The molecule has 0 fully saturated rings. The topological polar surface area (TPSA) is 86.1 Å². The average molecular weight is 400 g/mol. The molecule has 0 bridgehead atoms. The van der Waals surface area contributed by atoms with Gasteiger partial charge < -0.3 is 10.1 Å². The number of methoxy groups -OCH3 is 1. The Balaban J connectivity index is 1.57. The molecule has 3 aromatic carbocycles. The van der Waals surface area contributed by atoms with Crippen LogP contribution in [-0.2, 0) is 4.79 Å². The molecule has 1 atom stereocenters. The van der Waals surface area contributed by atoms with Gasteiger partial charge in [-0.1, -0.05) is 36.4 Å². The van der Waals surface area contributed by atoms with Crippen LogP contribution in [0.3, 0.4) is 0 Å². The smallest absolute Gasteiger partial charge is 0.365 e. The molecule has 1 unspecified atom stereocenters. The normalized spacial score (nSPS) is 11.8. The van der Waals surface area contributed by atoms with E-state index in [1.165, 1.54) is 6.20 Å². The first kappa shape index (κ1) is 19.3. The van der Waals surface area contributed by atoms with E-state index in [1.54, 1.807) is 38.3 Å². The van der Waals surface area contributed by atoms with Gasteiger partial charge in [0.15, 0.2) is 0 Å². The molecule has 150 valence electrons. The van der Waals surface area contributed by atoms with Crippen LogP contribution in [0.15, 0.2) is 77.7 Å². The highest BCUT2D eigenvalue weighted by Crippen LogP contribution is 2.24. The van der Waals surface area contributed by atoms with Crippen molar-refractivity contribution in [2.45, 2.75) is 13.0 Å². The van der Waals surface area contributed by atoms with E-state index in [9.17, 15) is 9.59 Å². The van der Waals surface area contributed by atoms with Crippen molar-refractivity contribution in [2.75, 3.05) is 12.4 Å². The third-order valence-electron chi connectivity index (χ3n) is 4.90. The van der Waals surface area contributed by atoms with Crippen molar-refractivity contribution in [2.24, 2.45) is 0 Å². The number of fused-ring (bicyclic) bond motifs is 1. The number of hydrogen-bond donors (Lipinski definition) is 1. The number of hydrogen-bond acceptors (Lipinski definition) is 5. The number of anilines is 1. The number of amides is 1. The van der Waals surface area contributed by atoms with Crippen molar-refractivity contribution in [3.63, 3.8) is 0 Å². The van der Waals surface area contributed by atoms with Crippen molar-refractivity contribution in [3.8, 4) is 17.0 Å². The fourth-order valence-corrected chi connectivity index (χ4v) is 3.20. The van der Waals surface area contributed by atoms with Gasteiger partial charge in [-0.25, -0.2) is 9.48 Å². The first-order valence-corrected chi connectivity index (χ1v) is 9.46. The summed E-state index contributed by atoms with van der Waals surface area (Å²) in [7, 11) is 1.58. The number of aromatic nitrogens is 3. The van der Waals surface area contributed by atoms with Gasteiger partial charge in [0, 0.05) is 16.6 Å². The van der Waals surface area contributed by atoms with Crippen LogP contribution in [0, 0.1) is 0 Å². The van der Waals surface area contributed by atoms with Gasteiger partial charge in [0.1, 0.15) is 11.8 Å². The molecule has 7 heteroatoms. The maximum Gasteiger partial charge on any atom is 0.365 e. The van der Waals surface area contributed by atoms with Crippen LogP contribution in [-0.4, -0.2) is 27.8 Å². The molecule has 30 heavy (non-hydrogen) atoms. The van der Waals surface area contributed by atoms with Crippen molar-refractivity contribution >= 4 is 22.4 Å². The van der Waals surface area contributed by atoms with Gasteiger partial charge in [0.2, 0.25) is 5.91 Å². The van der Waals surface area contributed by atoms with Gasteiger partial charge in [-0.05, 0) is 42.6 Å². The summed E-state index contributed by atoms with van der Waals surface area (Å²) in [6.07, 6.45) is 1.48. The van der Waals surface area contributed by atoms with Gasteiger partial charge in [-0.3, -0.25) is 4.79 Å². The quantitative estimate of drug-likeness (QED) is 0.552. The molecule has 1 aromatic heterocycles. The number of carbonyl (C=O) groups excluding carboxylic acids is 1. The lowest BCUT2D eigenvalue weighted by molar-refractivity contribution is -0.119. The van der Waals surface area contributed by atoms with Gasteiger partial charge in [0.05, 0.1) is 19.0 Å². The zero-order valence-corrected chi connectivity index (χ0v) is 16.6. The van der Waals surface area contributed by atoms with Gasteiger partial charge in [-0.2, -0.15) is 10.1 Å². The fourth-order valence-electron chi connectivity index (χ4n) is 3.20. The molecule has 4 aromatic rings. The lowest BCUT2D eigenvalue weighted by Gasteiger charge is -2.15. The van der Waals surface area contributed by atoms with E-state index in [-0.39, 0.29) is 5.91 Å². The number of benzene rings is 3. The fraction of sp³-hybridized carbons (Fsp3) is 0.130. The largest absolute Gasteiger partial charge is 0.497 e. The summed E-state index contributed by atoms with van der Waals surface area (Å²) in [5, 5.41) is 9.00. The van der Waals surface area contributed by atoms with Crippen LogP contribution in [0.25, 0.3) is 22.0 Å². The number of rotatable bonds is 5. The molecule has 1 N–H and O–H groups in total. The number of nitrogens with one attached hydrogen (secondary N) is 1. The number of nitrogens with zero attached hydrogens (tertiary/aromatic N) is 3. The summed E-state index contributed by atoms with van der Waals surface area (Å²) >= 11 is 0. The molecule has 0 aliphatic rings. The Bertz CT molecular complexity index is 1260. The van der Waals surface area contributed by atoms with Crippen LogP contribution >= 0.6 is 0 Å². The Morgan fingerprint density at radius 2 is 1.77 bits per heavy atom. The third kappa shape index (κ3) is 3.77. The number of carbonyl (C=O) groups is 1. The highest BCUT2D eigenvalue weighted by molar-refractivity contribution is 6.03. The molecule has 0 radical (unpaired) electrons. The van der Waals surface area contributed by atoms with E-state index in [0.717, 1.165) is 21.0 Å². The monoisotopic (exact) mass is 400 g/mol. The van der Waals surface area contributed by atoms with Crippen molar-refractivity contribution < 1.29 is 9.53 Å². The Hall–Kier alpha value is -4.00. The van der Waals surface area contributed by atoms with E-state index in [0.29, 0.717) is 17.1 Å². The third-order valence-corrected chi connectivity index (χ3v) is 4.90. The SMILES string of the molecule is COc1ccc(-c2cnn(C(C)C(=O)Nc3cccc4ccccc34)c(=O)n2)cc1. The van der Waals surface area contributed by atoms with Crippen LogP contribution < -0.4 is 15.7 Å². The molecule has 0 aliphatic carbocycles. The predicted octanol–water partition coefficient (Wildman–Crippen LogP) is 3.67. The van der Waals surface area contributed by atoms with Crippen molar-refractivity contribution in [1.29, 1.82) is 0 Å². The molecule has 4 rings (SSSR count). The predicted molar refractivity (Wildman–Crippen MR) is 116 cm³/mol. The first-order chi connectivity index (χ1) is 14.6. The van der Waals surface area contributed by atoms with E-state index >= 15 is 0 Å². The minimum Gasteiger partial charge on any atom is -0.497 e. The zero-order chi connectivity index (χ0) is 21.1. The van der Waals surface area contributed by atoms with E-state index in [2.05, 4.69) is 15.4 Å². The zero-order valence-electron chi connectivity index (χ0n) is 16.6. The van der Waals surface area contributed by atoms with Crippen molar-refractivity contribution in [3.05, 3.63) is 83.4 Å². The molecule has 0 spiro atoms. The summed E-state index contributed by atoms with van der Waals surface area (Å²) in [4.78, 5) is 29.4. The van der Waals surface area contributed by atoms with E-state index in [4.69, 9.17) is 4.74 Å². The van der Waals surface area contributed by atoms with Crippen LogP contribution in [0.5, 0.6) is 5.75 Å². The second-order valence-corrected chi connectivity index (χ2v) is 6.79. The standard InChI is InChI=1S/C23H20N4O3/c1-15(22(28)25-20-9-5-7-16-6-3-4-8-19(16)20)27-23(29)26-21(14-24-27)17-10-12-18(30-2)13-11-17/h3-15H,1-2H3,(H,25,28). The second kappa shape index (κ2) is 8.16. The Morgan fingerprint density at radius 3 is 2.50 bits per heavy atom. The molecular weight excluding hydrogens is 380 g/mol. The van der Waals surface area contributed by atoms with Crippen LogP contribution in [0.4, 0.5) is 5.69 Å². The lowest BCUT2D eigenvalue weighted by atomic mass is 10.1. The number of ether oxygens (including phenoxy) is 1. The van der Waals surface area contributed by atoms with Crippen LogP contribution in [0.2, 0.25) is 0 Å². The van der Waals surface area contributed by atoms with Gasteiger partial charge in [-0.15, -0.1) is 0 Å². The van der Waals surface area contributed by atoms with E-state index in [1.807, 2.05) is 42.5 Å². The summed E-state index contributed by atoms with van der Waals surface area (Å²) in [5.41, 5.74) is 1.26. The highest BCUT2D eigenvalue weighted by Gasteiger charge is 2.19. The van der Waals surface area contributed by atoms with Gasteiger partial charge in [0.25, 0.3) is 0 Å². The minimum atomic E-state index is -0.825. The summed E-state index contributed by atoms with van der Waals surface area (Å²) in [6.45, 7) is 1.61. The maximum atomic E-state index is 12.8. The molecule has 7 nitrogen and oxygen atoms in total. The molecule has 0 saturated carbocycles. The summed E-state index contributed by atoms with van der Waals surface area (Å²) < 4.78 is 6.21. The van der Waals surface area contributed by atoms with Crippen molar-refractivity contribution in [1.82, 2.24) is 14.8 Å². The van der Waals surface area contributed by atoms with Crippen LogP contribution in [0.1, 0.15) is 13.0 Å². The maximum absolute atomic E-state index is 12.8. The Labute approximate surface area is 173 Å². The minimum absolute atomic E-state index is 0.347. The lowest BCUT2D eigenvalue weighted by Crippen LogP contribution is -2.34. The molecule has 0 saturated heterocycles. The van der Waals surface area contributed by atoms with E-state index < -0.39 is 11.7 Å². The molecule has 1 amide bonds. The Kier molecular flexibility index (Phi) is 5.26. The van der Waals surface area contributed by atoms with Gasteiger partial charge >= 0.3 is 5.69 Å². The Morgan fingerprint density at radius 1 is 1.03 bits per heavy atom. The molecule has 0 aliphatic heterocycles. The molecular formula is C23H20N4O3. The summed E-state index contributed by atoms with van der Waals surface area (Å²) in [6, 6.07) is 19.8. The average Bonchev–Trinajstić information content (AvgIpc) is 2.79.